The van der Waals surface area contributed by atoms with Crippen LogP contribution in [0.2, 0.25) is 0 Å². The number of aliphatic hydroxyl groups excluding tert-OH is 1. The first-order chi connectivity index (χ1) is 5.29. The lowest BCUT2D eigenvalue weighted by atomic mass is 9.92. The number of rotatable bonds is 3. The molecule has 62 valence electrons. The topological polar surface area (TPSA) is 37.3 Å². The van der Waals surface area contributed by atoms with Crippen LogP contribution in [0.4, 0.5) is 0 Å². The van der Waals surface area contributed by atoms with Gasteiger partial charge in [-0.1, -0.05) is 19.4 Å². The van der Waals surface area contributed by atoms with Crippen LogP contribution in [0.25, 0.3) is 0 Å². The summed E-state index contributed by atoms with van der Waals surface area (Å²) in [4.78, 5) is 11.0. The van der Waals surface area contributed by atoms with Crippen LogP contribution in [0.15, 0.2) is 12.2 Å². The third-order valence-electron chi connectivity index (χ3n) is 2.21. The lowest BCUT2D eigenvalue weighted by Gasteiger charge is -2.13. The van der Waals surface area contributed by atoms with Crippen molar-refractivity contribution < 1.29 is 9.90 Å². The number of carbonyl (C=O) groups excluding carboxylic acids is 1. The van der Waals surface area contributed by atoms with E-state index in [0.29, 0.717) is 0 Å². The molecule has 0 saturated heterocycles. The zero-order chi connectivity index (χ0) is 8.27. The molecular formula is C9H14O2. The molecule has 11 heavy (non-hydrogen) atoms. The van der Waals surface area contributed by atoms with Gasteiger partial charge in [0, 0.05) is 0 Å². The number of hydrogen-bond acceptors (Lipinski definition) is 2. The van der Waals surface area contributed by atoms with Gasteiger partial charge in [-0.2, -0.15) is 0 Å². The molecule has 2 nitrogen and oxygen atoms in total. The average molecular weight is 154 g/mol. The van der Waals surface area contributed by atoms with Crippen molar-refractivity contribution in [1.29, 1.82) is 0 Å². The maximum atomic E-state index is 11.0. The molecule has 1 N–H and O–H groups in total. The molecule has 0 saturated carbocycles. The Hall–Kier alpha value is -0.630. The third-order valence-corrected chi connectivity index (χ3v) is 2.21. The van der Waals surface area contributed by atoms with E-state index in [0.717, 1.165) is 12.8 Å². The first-order valence-electron chi connectivity index (χ1n) is 4.12. The van der Waals surface area contributed by atoms with Crippen LogP contribution in [0.5, 0.6) is 0 Å². The Balaban J connectivity index is 2.53. The van der Waals surface area contributed by atoms with E-state index in [1.54, 1.807) is 6.08 Å². The Kier molecular flexibility index (Phi) is 2.83. The minimum absolute atomic E-state index is 0.00347. The predicted octanol–water partition coefficient (Wildman–Crippen LogP) is 1.15. The van der Waals surface area contributed by atoms with Crippen molar-refractivity contribution in [3.05, 3.63) is 12.2 Å². The average Bonchev–Trinajstić information content (AvgIpc) is 2.33. The molecule has 0 aromatic carbocycles. The molecule has 0 aliphatic heterocycles. The monoisotopic (exact) mass is 154 g/mol. The van der Waals surface area contributed by atoms with Crippen molar-refractivity contribution >= 4 is 5.78 Å². The van der Waals surface area contributed by atoms with Crippen LogP contribution in [0.3, 0.4) is 0 Å². The summed E-state index contributed by atoms with van der Waals surface area (Å²) in [6.45, 7) is 2.08. The Morgan fingerprint density at radius 2 is 2.36 bits per heavy atom. The molecule has 0 radical (unpaired) electrons. The number of carbonyl (C=O) groups is 1. The van der Waals surface area contributed by atoms with E-state index in [-0.39, 0.29) is 24.2 Å². The van der Waals surface area contributed by atoms with Crippen molar-refractivity contribution in [3.8, 4) is 0 Å². The summed E-state index contributed by atoms with van der Waals surface area (Å²) in [5.74, 6) is 0.235. The molecule has 0 unspecified atom stereocenters. The number of allylic oxidation sites excluding steroid dienone is 2. The summed E-state index contributed by atoms with van der Waals surface area (Å²) in [7, 11) is 0. The Morgan fingerprint density at radius 3 is 2.91 bits per heavy atom. The summed E-state index contributed by atoms with van der Waals surface area (Å²) in [5.41, 5.74) is 0. The highest BCUT2D eigenvalue weighted by Gasteiger charge is 2.28. The molecule has 0 bridgehead atoms. The summed E-state index contributed by atoms with van der Waals surface area (Å²) in [6.07, 6.45) is 5.60. The van der Waals surface area contributed by atoms with E-state index in [4.69, 9.17) is 5.11 Å². The Morgan fingerprint density at radius 1 is 1.64 bits per heavy atom. The van der Waals surface area contributed by atoms with Gasteiger partial charge in [-0.3, -0.25) is 4.79 Å². The lowest BCUT2D eigenvalue weighted by Crippen LogP contribution is -2.19. The van der Waals surface area contributed by atoms with Crippen molar-refractivity contribution in [2.45, 2.75) is 19.8 Å². The SMILES string of the molecule is CCC[C@@H]1C=CC(=O)[C@H]1CO. The summed E-state index contributed by atoms with van der Waals surface area (Å²) < 4.78 is 0. The van der Waals surface area contributed by atoms with Gasteiger partial charge in [0.15, 0.2) is 5.78 Å². The fraction of sp³-hybridized carbons (Fsp3) is 0.667. The highest BCUT2D eigenvalue weighted by atomic mass is 16.3. The van der Waals surface area contributed by atoms with Crippen LogP contribution < -0.4 is 0 Å². The number of hydrogen-bond donors (Lipinski definition) is 1. The molecule has 0 aromatic rings. The predicted molar refractivity (Wildman–Crippen MR) is 43.1 cm³/mol. The van der Waals surface area contributed by atoms with E-state index < -0.39 is 0 Å². The molecule has 1 aliphatic rings. The molecule has 0 fully saturated rings. The molecule has 0 amide bonds. The lowest BCUT2D eigenvalue weighted by molar-refractivity contribution is -0.119. The fourth-order valence-electron chi connectivity index (χ4n) is 1.54. The summed E-state index contributed by atoms with van der Waals surface area (Å²) >= 11 is 0. The molecular weight excluding hydrogens is 140 g/mol. The summed E-state index contributed by atoms with van der Waals surface area (Å²) in [6, 6.07) is 0. The van der Waals surface area contributed by atoms with Crippen LogP contribution in [0, 0.1) is 11.8 Å². The molecule has 2 heteroatoms. The van der Waals surface area contributed by atoms with Crippen LogP contribution in [-0.4, -0.2) is 17.5 Å². The molecule has 0 heterocycles. The molecule has 1 aliphatic carbocycles. The molecule has 0 aromatic heterocycles. The van der Waals surface area contributed by atoms with E-state index in [9.17, 15) is 4.79 Å². The normalized spacial score (nSPS) is 29.8. The van der Waals surface area contributed by atoms with Gasteiger partial charge in [0.05, 0.1) is 12.5 Å². The van der Waals surface area contributed by atoms with Gasteiger partial charge in [-0.05, 0) is 18.4 Å². The first kappa shape index (κ1) is 8.47. The van der Waals surface area contributed by atoms with Gasteiger partial charge < -0.3 is 5.11 Å². The largest absolute Gasteiger partial charge is 0.396 e. The van der Waals surface area contributed by atoms with Gasteiger partial charge in [0.25, 0.3) is 0 Å². The zero-order valence-corrected chi connectivity index (χ0v) is 6.79. The summed E-state index contributed by atoms with van der Waals surface area (Å²) in [5, 5.41) is 8.87. The quantitative estimate of drug-likeness (QED) is 0.662. The molecule has 2 atom stereocenters. The number of ketones is 1. The van der Waals surface area contributed by atoms with Crippen molar-refractivity contribution in [3.63, 3.8) is 0 Å². The van der Waals surface area contributed by atoms with Crippen molar-refractivity contribution in [1.82, 2.24) is 0 Å². The van der Waals surface area contributed by atoms with Gasteiger partial charge in [0.1, 0.15) is 0 Å². The highest BCUT2D eigenvalue weighted by Crippen LogP contribution is 2.25. The van der Waals surface area contributed by atoms with Gasteiger partial charge in [0.2, 0.25) is 0 Å². The third kappa shape index (κ3) is 1.69. The maximum absolute atomic E-state index is 11.0. The Labute approximate surface area is 66.9 Å². The standard InChI is InChI=1S/C9H14O2/c1-2-3-7-4-5-9(11)8(7)6-10/h4-5,7-8,10H,2-3,6H2,1H3/t7-,8+/m1/s1. The van der Waals surface area contributed by atoms with Crippen LogP contribution in [-0.2, 0) is 4.79 Å². The second-order valence-corrected chi connectivity index (χ2v) is 3.00. The minimum Gasteiger partial charge on any atom is -0.396 e. The number of aliphatic hydroxyl groups is 1. The minimum atomic E-state index is -0.144. The Bertz CT molecular complexity index is 172. The van der Waals surface area contributed by atoms with Gasteiger partial charge in [-0.15, -0.1) is 0 Å². The van der Waals surface area contributed by atoms with Gasteiger partial charge >= 0.3 is 0 Å². The second kappa shape index (κ2) is 3.67. The first-order valence-corrected chi connectivity index (χ1v) is 4.12. The van der Waals surface area contributed by atoms with Crippen molar-refractivity contribution in [2.75, 3.05) is 6.61 Å². The van der Waals surface area contributed by atoms with E-state index in [1.165, 1.54) is 0 Å². The van der Waals surface area contributed by atoms with E-state index in [1.807, 2.05) is 6.08 Å². The second-order valence-electron chi connectivity index (χ2n) is 3.00. The van der Waals surface area contributed by atoms with E-state index in [2.05, 4.69) is 6.92 Å². The smallest absolute Gasteiger partial charge is 0.161 e. The highest BCUT2D eigenvalue weighted by molar-refractivity contribution is 5.94. The van der Waals surface area contributed by atoms with Gasteiger partial charge in [-0.25, -0.2) is 0 Å². The van der Waals surface area contributed by atoms with Crippen molar-refractivity contribution in [2.24, 2.45) is 11.8 Å². The van der Waals surface area contributed by atoms with Crippen LogP contribution >= 0.6 is 0 Å². The molecule has 1 rings (SSSR count). The fourth-order valence-corrected chi connectivity index (χ4v) is 1.54. The molecule has 0 spiro atoms. The zero-order valence-electron chi connectivity index (χ0n) is 6.79. The maximum Gasteiger partial charge on any atom is 0.161 e. The van der Waals surface area contributed by atoms with E-state index >= 15 is 0 Å². The van der Waals surface area contributed by atoms with Crippen LogP contribution in [0.1, 0.15) is 19.8 Å².